The van der Waals surface area contributed by atoms with E-state index in [2.05, 4.69) is 21.2 Å². The number of amides is 1. The molecule has 2 rings (SSSR count). The van der Waals surface area contributed by atoms with Crippen LogP contribution in [-0.4, -0.2) is 5.91 Å². The van der Waals surface area contributed by atoms with Crippen LogP contribution in [0.1, 0.15) is 11.1 Å². The third kappa shape index (κ3) is 4.03. The Bertz CT molecular complexity index is 650. The Hall–Kier alpha value is -1.94. The summed E-state index contributed by atoms with van der Waals surface area (Å²) in [6, 6.07) is 12.0. The van der Waals surface area contributed by atoms with Gasteiger partial charge in [-0.05, 0) is 43.3 Å². The van der Waals surface area contributed by atoms with E-state index >= 15 is 0 Å². The molecule has 0 unspecified atom stereocenters. The molecule has 0 saturated heterocycles. The molecule has 4 heteroatoms. The molecule has 1 amide bonds. The molecule has 20 heavy (non-hydrogen) atoms. The van der Waals surface area contributed by atoms with Gasteiger partial charge < -0.3 is 5.32 Å². The van der Waals surface area contributed by atoms with Crippen LogP contribution < -0.4 is 5.32 Å². The average Bonchev–Trinajstić information content (AvgIpc) is 2.42. The molecule has 0 aliphatic rings. The zero-order chi connectivity index (χ0) is 14.5. The number of hydrogen-bond donors (Lipinski definition) is 1. The van der Waals surface area contributed by atoms with Crippen LogP contribution in [0.25, 0.3) is 6.08 Å². The van der Waals surface area contributed by atoms with Gasteiger partial charge in [0.25, 0.3) is 0 Å². The third-order valence-corrected chi connectivity index (χ3v) is 3.18. The SMILES string of the molecule is Cc1ccc(NC(=O)/C=C/c2cc(Br)ccc2F)cc1. The second kappa shape index (κ2) is 6.48. The van der Waals surface area contributed by atoms with Crippen LogP contribution in [0.3, 0.4) is 0 Å². The molecule has 2 aromatic rings. The first kappa shape index (κ1) is 14.5. The van der Waals surface area contributed by atoms with Gasteiger partial charge in [0.1, 0.15) is 5.82 Å². The van der Waals surface area contributed by atoms with E-state index in [-0.39, 0.29) is 11.7 Å². The maximum atomic E-state index is 13.5. The zero-order valence-electron chi connectivity index (χ0n) is 10.9. The molecule has 0 radical (unpaired) electrons. The van der Waals surface area contributed by atoms with E-state index in [1.54, 1.807) is 12.1 Å². The van der Waals surface area contributed by atoms with Gasteiger partial charge in [0.15, 0.2) is 0 Å². The van der Waals surface area contributed by atoms with Crippen molar-refractivity contribution in [3.8, 4) is 0 Å². The van der Waals surface area contributed by atoms with Crippen molar-refractivity contribution in [2.24, 2.45) is 0 Å². The maximum Gasteiger partial charge on any atom is 0.248 e. The molecule has 2 aromatic carbocycles. The standard InChI is InChI=1S/C16H13BrFNO/c1-11-2-6-14(7-3-11)19-16(20)9-4-12-10-13(17)5-8-15(12)18/h2-10H,1H3,(H,19,20)/b9-4+. The normalized spacial score (nSPS) is 10.8. The summed E-state index contributed by atoms with van der Waals surface area (Å²) in [5, 5.41) is 2.71. The van der Waals surface area contributed by atoms with Crippen LogP contribution in [0.15, 0.2) is 53.0 Å². The summed E-state index contributed by atoms with van der Waals surface area (Å²) in [6.45, 7) is 1.97. The lowest BCUT2D eigenvalue weighted by Gasteiger charge is -2.02. The number of nitrogens with one attached hydrogen (secondary N) is 1. The highest BCUT2D eigenvalue weighted by molar-refractivity contribution is 9.10. The van der Waals surface area contributed by atoms with E-state index < -0.39 is 0 Å². The van der Waals surface area contributed by atoms with Crippen LogP contribution in [0.5, 0.6) is 0 Å². The summed E-state index contributed by atoms with van der Waals surface area (Å²) in [5.74, 6) is -0.666. The Morgan fingerprint density at radius 2 is 1.90 bits per heavy atom. The third-order valence-electron chi connectivity index (χ3n) is 2.69. The van der Waals surface area contributed by atoms with Crippen LogP contribution in [0.4, 0.5) is 10.1 Å². The van der Waals surface area contributed by atoms with Crippen molar-refractivity contribution in [3.63, 3.8) is 0 Å². The highest BCUT2D eigenvalue weighted by Gasteiger charge is 2.01. The number of hydrogen-bond acceptors (Lipinski definition) is 1. The average molecular weight is 334 g/mol. The number of rotatable bonds is 3. The van der Waals surface area contributed by atoms with Crippen LogP contribution in [-0.2, 0) is 4.79 Å². The van der Waals surface area contributed by atoms with Crippen molar-refractivity contribution in [2.75, 3.05) is 5.32 Å². The molecule has 0 aliphatic carbocycles. The lowest BCUT2D eigenvalue weighted by atomic mass is 10.2. The quantitative estimate of drug-likeness (QED) is 0.820. The van der Waals surface area contributed by atoms with Gasteiger partial charge in [-0.25, -0.2) is 4.39 Å². The second-order valence-corrected chi connectivity index (χ2v) is 5.27. The number of anilines is 1. The Kier molecular flexibility index (Phi) is 4.69. The molecular formula is C16H13BrFNO. The van der Waals surface area contributed by atoms with E-state index in [0.717, 1.165) is 10.0 Å². The molecule has 0 bridgehead atoms. The first-order valence-corrected chi connectivity index (χ1v) is 6.85. The Morgan fingerprint density at radius 3 is 2.60 bits per heavy atom. The van der Waals surface area contributed by atoms with Gasteiger partial charge in [-0.1, -0.05) is 33.6 Å². The Morgan fingerprint density at radius 1 is 1.20 bits per heavy atom. The van der Waals surface area contributed by atoms with E-state index in [0.29, 0.717) is 11.3 Å². The van der Waals surface area contributed by atoms with Crippen molar-refractivity contribution in [1.29, 1.82) is 0 Å². The van der Waals surface area contributed by atoms with Gasteiger partial charge in [-0.2, -0.15) is 0 Å². The number of benzene rings is 2. The number of halogens is 2. The fourth-order valence-corrected chi connectivity index (χ4v) is 2.01. The molecule has 0 saturated carbocycles. The topological polar surface area (TPSA) is 29.1 Å². The summed E-state index contributed by atoms with van der Waals surface area (Å²) >= 11 is 3.26. The fraction of sp³-hybridized carbons (Fsp3) is 0.0625. The zero-order valence-corrected chi connectivity index (χ0v) is 12.4. The van der Waals surface area contributed by atoms with Gasteiger partial charge in [-0.3, -0.25) is 4.79 Å². The van der Waals surface area contributed by atoms with Crippen molar-refractivity contribution >= 4 is 33.6 Å². The first-order chi connectivity index (χ1) is 9.54. The number of aryl methyl sites for hydroxylation is 1. The summed E-state index contributed by atoms with van der Waals surface area (Å²) in [4.78, 5) is 11.7. The molecule has 102 valence electrons. The lowest BCUT2D eigenvalue weighted by molar-refractivity contribution is -0.111. The predicted octanol–water partition coefficient (Wildman–Crippen LogP) is 4.55. The highest BCUT2D eigenvalue weighted by Crippen LogP contribution is 2.17. The minimum Gasteiger partial charge on any atom is -0.323 e. The molecule has 0 aromatic heterocycles. The minimum atomic E-state index is -0.368. The molecule has 0 spiro atoms. The number of carbonyl (C=O) groups is 1. The van der Waals surface area contributed by atoms with Gasteiger partial charge in [0, 0.05) is 21.8 Å². The van der Waals surface area contributed by atoms with E-state index in [1.807, 2.05) is 31.2 Å². The van der Waals surface area contributed by atoms with Crippen molar-refractivity contribution in [3.05, 3.63) is 70.0 Å². The van der Waals surface area contributed by atoms with Crippen molar-refractivity contribution in [1.82, 2.24) is 0 Å². The molecule has 1 N–H and O–H groups in total. The lowest BCUT2D eigenvalue weighted by Crippen LogP contribution is -2.07. The summed E-state index contributed by atoms with van der Waals surface area (Å²) in [5.41, 5.74) is 2.19. The highest BCUT2D eigenvalue weighted by atomic mass is 79.9. The van der Waals surface area contributed by atoms with Gasteiger partial charge in [0.05, 0.1) is 0 Å². The summed E-state index contributed by atoms with van der Waals surface area (Å²) in [7, 11) is 0. The molecule has 0 fully saturated rings. The van der Waals surface area contributed by atoms with Crippen LogP contribution >= 0.6 is 15.9 Å². The Balaban J connectivity index is 2.05. The fourth-order valence-electron chi connectivity index (χ4n) is 1.63. The Labute approximate surface area is 125 Å². The van der Waals surface area contributed by atoms with Crippen molar-refractivity contribution < 1.29 is 9.18 Å². The molecule has 0 aliphatic heterocycles. The van der Waals surface area contributed by atoms with E-state index in [1.165, 1.54) is 18.2 Å². The summed E-state index contributed by atoms with van der Waals surface area (Å²) < 4.78 is 14.2. The van der Waals surface area contributed by atoms with E-state index in [9.17, 15) is 9.18 Å². The predicted molar refractivity (Wildman–Crippen MR) is 82.9 cm³/mol. The molecular weight excluding hydrogens is 321 g/mol. The summed E-state index contributed by atoms with van der Waals surface area (Å²) in [6.07, 6.45) is 2.76. The van der Waals surface area contributed by atoms with Gasteiger partial charge in [0.2, 0.25) is 5.91 Å². The molecule has 2 nitrogen and oxygen atoms in total. The van der Waals surface area contributed by atoms with Crippen molar-refractivity contribution in [2.45, 2.75) is 6.92 Å². The van der Waals surface area contributed by atoms with Gasteiger partial charge in [-0.15, -0.1) is 0 Å². The van der Waals surface area contributed by atoms with Gasteiger partial charge >= 0.3 is 0 Å². The van der Waals surface area contributed by atoms with Crippen LogP contribution in [0, 0.1) is 12.7 Å². The smallest absolute Gasteiger partial charge is 0.248 e. The van der Waals surface area contributed by atoms with E-state index in [4.69, 9.17) is 0 Å². The second-order valence-electron chi connectivity index (χ2n) is 4.35. The molecule has 0 heterocycles. The van der Waals surface area contributed by atoms with Crippen LogP contribution in [0.2, 0.25) is 0 Å². The first-order valence-electron chi connectivity index (χ1n) is 6.05. The molecule has 0 atom stereocenters. The number of carbonyl (C=O) groups excluding carboxylic acids is 1. The monoisotopic (exact) mass is 333 g/mol. The maximum absolute atomic E-state index is 13.5. The largest absolute Gasteiger partial charge is 0.323 e. The minimum absolute atomic E-state index is 0.298.